The molecule has 0 saturated heterocycles. The molecule has 0 aliphatic carbocycles. The number of ether oxygens (including phenoxy) is 1. The standard InChI is InChI=1S/C12H19ClFN3O/c1-17(5-3-7-18-2)6-4-15-12-11(14)8-10(13)9-16-12/h8-9H,3-7H2,1-2H3,(H,15,16). The fourth-order valence-corrected chi connectivity index (χ4v) is 1.65. The Morgan fingerprint density at radius 3 is 2.94 bits per heavy atom. The number of pyridine rings is 1. The van der Waals surface area contributed by atoms with E-state index in [9.17, 15) is 4.39 Å². The van der Waals surface area contributed by atoms with Crippen molar-refractivity contribution in [1.29, 1.82) is 0 Å². The smallest absolute Gasteiger partial charge is 0.166 e. The van der Waals surface area contributed by atoms with Crippen LogP contribution in [-0.4, -0.2) is 50.3 Å². The van der Waals surface area contributed by atoms with E-state index in [1.807, 2.05) is 7.05 Å². The van der Waals surface area contributed by atoms with Crippen LogP contribution in [0, 0.1) is 5.82 Å². The van der Waals surface area contributed by atoms with Crippen LogP contribution in [0.2, 0.25) is 5.02 Å². The summed E-state index contributed by atoms with van der Waals surface area (Å²) < 4.78 is 18.4. The van der Waals surface area contributed by atoms with E-state index in [-0.39, 0.29) is 5.82 Å². The number of halogens is 2. The summed E-state index contributed by atoms with van der Waals surface area (Å²) in [5.41, 5.74) is 0. The van der Waals surface area contributed by atoms with Crippen LogP contribution in [0.4, 0.5) is 10.2 Å². The maximum atomic E-state index is 13.4. The second kappa shape index (κ2) is 8.24. The first kappa shape index (κ1) is 15.1. The van der Waals surface area contributed by atoms with Crippen LogP contribution in [0.3, 0.4) is 0 Å². The SMILES string of the molecule is COCCCN(C)CCNc1ncc(Cl)cc1F. The third-order valence-electron chi connectivity index (χ3n) is 2.48. The Morgan fingerprint density at radius 2 is 2.28 bits per heavy atom. The third-order valence-corrected chi connectivity index (χ3v) is 2.69. The molecule has 0 aromatic carbocycles. The van der Waals surface area contributed by atoms with Crippen molar-refractivity contribution >= 4 is 17.4 Å². The monoisotopic (exact) mass is 275 g/mol. The molecule has 0 amide bonds. The van der Waals surface area contributed by atoms with Crippen molar-refractivity contribution in [3.05, 3.63) is 23.1 Å². The van der Waals surface area contributed by atoms with Gasteiger partial charge in [0.2, 0.25) is 0 Å². The van der Waals surface area contributed by atoms with Crippen molar-refractivity contribution < 1.29 is 9.13 Å². The summed E-state index contributed by atoms with van der Waals surface area (Å²) in [5, 5.41) is 3.24. The second-order valence-electron chi connectivity index (χ2n) is 4.06. The first-order valence-electron chi connectivity index (χ1n) is 5.86. The van der Waals surface area contributed by atoms with Gasteiger partial charge in [-0.15, -0.1) is 0 Å². The number of nitrogens with zero attached hydrogens (tertiary/aromatic N) is 2. The zero-order valence-corrected chi connectivity index (χ0v) is 11.5. The van der Waals surface area contributed by atoms with Gasteiger partial charge in [0.1, 0.15) is 0 Å². The van der Waals surface area contributed by atoms with Crippen molar-refractivity contribution in [1.82, 2.24) is 9.88 Å². The first-order valence-corrected chi connectivity index (χ1v) is 6.23. The van der Waals surface area contributed by atoms with Crippen molar-refractivity contribution in [3.63, 3.8) is 0 Å². The molecule has 0 fully saturated rings. The van der Waals surface area contributed by atoms with Crippen LogP contribution < -0.4 is 5.32 Å². The zero-order chi connectivity index (χ0) is 13.4. The lowest BCUT2D eigenvalue weighted by Gasteiger charge is -2.16. The molecule has 1 aromatic heterocycles. The summed E-state index contributed by atoms with van der Waals surface area (Å²) in [6.07, 6.45) is 2.41. The Balaban J connectivity index is 2.24. The highest BCUT2D eigenvalue weighted by Gasteiger charge is 2.04. The molecule has 6 heteroatoms. The Hall–Kier alpha value is -0.910. The molecule has 0 unspecified atom stereocenters. The molecular formula is C12H19ClFN3O. The molecule has 102 valence electrons. The Labute approximate surface area is 112 Å². The molecule has 0 aliphatic rings. The van der Waals surface area contributed by atoms with Crippen molar-refractivity contribution in [2.45, 2.75) is 6.42 Å². The fourth-order valence-electron chi connectivity index (χ4n) is 1.50. The highest BCUT2D eigenvalue weighted by atomic mass is 35.5. The molecule has 1 N–H and O–H groups in total. The molecule has 0 radical (unpaired) electrons. The van der Waals surface area contributed by atoms with Crippen LogP contribution in [-0.2, 0) is 4.74 Å². The number of aromatic nitrogens is 1. The van der Waals surface area contributed by atoms with Gasteiger partial charge in [-0.25, -0.2) is 9.37 Å². The van der Waals surface area contributed by atoms with Crippen molar-refractivity contribution in [2.24, 2.45) is 0 Å². The van der Waals surface area contributed by atoms with Crippen LogP contribution >= 0.6 is 11.6 Å². The maximum absolute atomic E-state index is 13.4. The molecule has 0 aliphatic heterocycles. The summed E-state index contributed by atoms with van der Waals surface area (Å²) in [6.45, 7) is 3.15. The Bertz CT molecular complexity index is 365. The van der Waals surface area contributed by atoms with E-state index in [1.165, 1.54) is 12.3 Å². The average molecular weight is 276 g/mol. The fraction of sp³-hybridized carbons (Fsp3) is 0.583. The Kier molecular flexibility index (Phi) is 6.93. The lowest BCUT2D eigenvalue weighted by atomic mass is 10.4. The van der Waals surface area contributed by atoms with Gasteiger partial charge in [0.25, 0.3) is 0 Å². The molecule has 0 bridgehead atoms. The Morgan fingerprint density at radius 1 is 1.50 bits per heavy atom. The van der Waals surface area contributed by atoms with Crippen LogP contribution in [0.5, 0.6) is 0 Å². The number of hydrogen-bond acceptors (Lipinski definition) is 4. The summed E-state index contributed by atoms with van der Waals surface area (Å²) >= 11 is 5.62. The summed E-state index contributed by atoms with van der Waals surface area (Å²) in [7, 11) is 3.71. The lowest BCUT2D eigenvalue weighted by Crippen LogP contribution is -2.27. The predicted molar refractivity (Wildman–Crippen MR) is 71.7 cm³/mol. The molecule has 4 nitrogen and oxygen atoms in total. The molecule has 0 spiro atoms. The highest BCUT2D eigenvalue weighted by Crippen LogP contribution is 2.14. The number of rotatable bonds is 8. The van der Waals surface area contributed by atoms with Gasteiger partial charge in [-0.3, -0.25) is 0 Å². The van der Waals surface area contributed by atoms with Crippen LogP contribution in [0.15, 0.2) is 12.3 Å². The number of hydrogen-bond donors (Lipinski definition) is 1. The maximum Gasteiger partial charge on any atom is 0.166 e. The summed E-state index contributed by atoms with van der Waals surface area (Å²) in [4.78, 5) is 6.05. The van der Waals surface area contributed by atoms with E-state index >= 15 is 0 Å². The van der Waals surface area contributed by atoms with Gasteiger partial charge < -0.3 is 15.0 Å². The van der Waals surface area contributed by atoms with E-state index in [4.69, 9.17) is 16.3 Å². The van der Waals surface area contributed by atoms with Gasteiger partial charge in [0.15, 0.2) is 11.6 Å². The molecule has 1 aromatic rings. The molecule has 0 saturated carbocycles. The highest BCUT2D eigenvalue weighted by molar-refractivity contribution is 6.30. The minimum atomic E-state index is -0.426. The summed E-state index contributed by atoms with van der Waals surface area (Å²) in [5.74, 6) is -0.186. The number of anilines is 1. The van der Waals surface area contributed by atoms with E-state index in [2.05, 4.69) is 15.2 Å². The van der Waals surface area contributed by atoms with Gasteiger partial charge in [-0.05, 0) is 19.5 Å². The van der Waals surface area contributed by atoms with Gasteiger partial charge in [-0.2, -0.15) is 0 Å². The zero-order valence-electron chi connectivity index (χ0n) is 10.7. The molecule has 1 heterocycles. The topological polar surface area (TPSA) is 37.4 Å². The largest absolute Gasteiger partial charge is 0.385 e. The molecule has 1 rings (SSSR count). The lowest BCUT2D eigenvalue weighted by molar-refractivity contribution is 0.180. The van der Waals surface area contributed by atoms with Gasteiger partial charge in [-0.1, -0.05) is 11.6 Å². The molecule has 0 atom stereocenters. The number of likely N-dealkylation sites (N-methyl/N-ethyl adjacent to an activating group) is 1. The normalized spacial score (nSPS) is 10.9. The third kappa shape index (κ3) is 5.62. The van der Waals surface area contributed by atoms with E-state index in [0.29, 0.717) is 11.6 Å². The molecular weight excluding hydrogens is 257 g/mol. The quantitative estimate of drug-likeness (QED) is 0.739. The molecule has 18 heavy (non-hydrogen) atoms. The number of nitrogens with one attached hydrogen (secondary N) is 1. The average Bonchev–Trinajstić information content (AvgIpc) is 2.32. The van der Waals surface area contributed by atoms with E-state index < -0.39 is 5.82 Å². The van der Waals surface area contributed by atoms with Gasteiger partial charge in [0.05, 0.1) is 5.02 Å². The minimum absolute atomic E-state index is 0.240. The van der Waals surface area contributed by atoms with Crippen LogP contribution in [0.1, 0.15) is 6.42 Å². The first-order chi connectivity index (χ1) is 8.63. The minimum Gasteiger partial charge on any atom is -0.385 e. The number of methoxy groups -OCH3 is 1. The predicted octanol–water partition coefficient (Wildman–Crippen LogP) is 2.25. The van der Waals surface area contributed by atoms with Gasteiger partial charge >= 0.3 is 0 Å². The van der Waals surface area contributed by atoms with Gasteiger partial charge in [0, 0.05) is 39.5 Å². The summed E-state index contributed by atoms with van der Waals surface area (Å²) in [6, 6.07) is 1.25. The van der Waals surface area contributed by atoms with Crippen molar-refractivity contribution in [3.8, 4) is 0 Å². The second-order valence-corrected chi connectivity index (χ2v) is 4.50. The van der Waals surface area contributed by atoms with E-state index in [1.54, 1.807) is 7.11 Å². The van der Waals surface area contributed by atoms with Crippen molar-refractivity contribution in [2.75, 3.05) is 45.7 Å². The van der Waals surface area contributed by atoms with E-state index in [0.717, 1.165) is 26.1 Å². The van der Waals surface area contributed by atoms with Crippen LogP contribution in [0.25, 0.3) is 0 Å².